The van der Waals surface area contributed by atoms with Gasteiger partial charge in [-0.15, -0.1) is 0 Å². The fourth-order valence-electron chi connectivity index (χ4n) is 1.95. The summed E-state index contributed by atoms with van der Waals surface area (Å²) in [4.78, 5) is 8.40. The van der Waals surface area contributed by atoms with Crippen LogP contribution in [0.2, 0.25) is 5.15 Å². The lowest BCUT2D eigenvalue weighted by Crippen LogP contribution is -1.93. The fraction of sp³-hybridized carbons (Fsp3) is 0. The molecule has 3 aromatic rings. The topological polar surface area (TPSA) is 51.8 Å². The third kappa shape index (κ3) is 1.89. The molecule has 0 fully saturated rings. The summed E-state index contributed by atoms with van der Waals surface area (Å²) in [6.45, 7) is 0. The van der Waals surface area contributed by atoms with Crippen molar-refractivity contribution < 1.29 is 0 Å². The van der Waals surface area contributed by atoms with Gasteiger partial charge in [-0.25, -0.2) is 9.97 Å². The van der Waals surface area contributed by atoms with E-state index in [2.05, 4.69) is 9.97 Å². The van der Waals surface area contributed by atoms with Gasteiger partial charge in [0.05, 0.1) is 0 Å². The van der Waals surface area contributed by atoms with Gasteiger partial charge in [-0.3, -0.25) is 0 Å². The Kier molecular flexibility index (Phi) is 2.61. The van der Waals surface area contributed by atoms with Crippen molar-refractivity contribution in [2.75, 3.05) is 5.73 Å². The average molecular weight is 256 g/mol. The molecule has 2 aromatic heterocycles. The molecule has 0 amide bonds. The van der Waals surface area contributed by atoms with Crippen molar-refractivity contribution in [3.8, 4) is 11.1 Å². The molecule has 0 unspecified atom stereocenters. The smallest absolute Gasteiger partial charge is 0.163 e. The normalized spacial score (nSPS) is 10.7. The molecule has 2 N–H and O–H groups in total. The highest BCUT2D eigenvalue weighted by atomic mass is 35.5. The second-order valence-electron chi connectivity index (χ2n) is 3.97. The molecule has 0 saturated carbocycles. The van der Waals surface area contributed by atoms with E-state index in [0.717, 1.165) is 16.5 Å². The highest BCUT2D eigenvalue weighted by molar-refractivity contribution is 6.30. The molecule has 0 aliphatic rings. The molecule has 3 nitrogen and oxygen atoms in total. The number of pyridine rings is 2. The van der Waals surface area contributed by atoms with Gasteiger partial charge in [0.25, 0.3) is 0 Å². The lowest BCUT2D eigenvalue weighted by Gasteiger charge is -2.07. The Morgan fingerprint density at radius 2 is 1.72 bits per heavy atom. The van der Waals surface area contributed by atoms with Gasteiger partial charge in [0, 0.05) is 5.39 Å². The first-order chi connectivity index (χ1) is 8.74. The van der Waals surface area contributed by atoms with Gasteiger partial charge in [0.15, 0.2) is 5.65 Å². The average Bonchev–Trinajstić information content (AvgIpc) is 2.38. The predicted molar refractivity (Wildman–Crippen MR) is 74.4 cm³/mol. The summed E-state index contributed by atoms with van der Waals surface area (Å²) in [7, 11) is 0. The Hall–Kier alpha value is -2.13. The molecule has 2 heterocycles. The Balaban J connectivity index is 2.35. The van der Waals surface area contributed by atoms with Gasteiger partial charge < -0.3 is 5.73 Å². The Bertz CT molecular complexity index is 706. The first-order valence-electron chi connectivity index (χ1n) is 5.52. The molecule has 0 aliphatic heterocycles. The number of aromatic nitrogens is 2. The molecule has 4 heteroatoms. The van der Waals surface area contributed by atoms with Gasteiger partial charge in [-0.1, -0.05) is 41.9 Å². The number of benzene rings is 1. The van der Waals surface area contributed by atoms with Crippen LogP contribution in [0, 0.1) is 0 Å². The Morgan fingerprint density at radius 1 is 0.944 bits per heavy atom. The summed E-state index contributed by atoms with van der Waals surface area (Å²) in [5.74, 6) is 0.441. The zero-order valence-corrected chi connectivity index (χ0v) is 10.2. The number of hydrogen-bond donors (Lipinski definition) is 1. The molecule has 0 aliphatic carbocycles. The van der Waals surface area contributed by atoms with Crippen molar-refractivity contribution in [3.63, 3.8) is 0 Å². The van der Waals surface area contributed by atoms with E-state index in [9.17, 15) is 0 Å². The molecule has 18 heavy (non-hydrogen) atoms. The molecule has 0 bridgehead atoms. The van der Waals surface area contributed by atoms with E-state index in [0.29, 0.717) is 16.6 Å². The van der Waals surface area contributed by atoms with Crippen molar-refractivity contribution in [1.29, 1.82) is 0 Å². The van der Waals surface area contributed by atoms with E-state index >= 15 is 0 Å². The summed E-state index contributed by atoms with van der Waals surface area (Å²) in [6, 6.07) is 15.5. The van der Waals surface area contributed by atoms with Crippen LogP contribution < -0.4 is 5.73 Å². The zero-order chi connectivity index (χ0) is 12.5. The third-order valence-electron chi connectivity index (χ3n) is 2.75. The summed E-state index contributed by atoms with van der Waals surface area (Å²) in [5, 5.41) is 1.36. The summed E-state index contributed by atoms with van der Waals surface area (Å²) >= 11 is 6.03. The second kappa shape index (κ2) is 4.27. The van der Waals surface area contributed by atoms with Crippen LogP contribution in [0.4, 0.5) is 5.82 Å². The molecule has 0 radical (unpaired) electrons. The van der Waals surface area contributed by atoms with Crippen LogP contribution in [0.15, 0.2) is 48.5 Å². The monoisotopic (exact) mass is 255 g/mol. The van der Waals surface area contributed by atoms with Crippen LogP contribution >= 0.6 is 11.6 Å². The third-order valence-corrected chi connectivity index (χ3v) is 2.94. The summed E-state index contributed by atoms with van der Waals surface area (Å²) in [6.07, 6.45) is 0. The van der Waals surface area contributed by atoms with Crippen LogP contribution in [0.1, 0.15) is 0 Å². The fourth-order valence-corrected chi connectivity index (χ4v) is 2.13. The van der Waals surface area contributed by atoms with Gasteiger partial charge >= 0.3 is 0 Å². The molecule has 1 aromatic carbocycles. The number of halogens is 1. The van der Waals surface area contributed by atoms with E-state index in [-0.39, 0.29) is 0 Å². The van der Waals surface area contributed by atoms with Crippen molar-refractivity contribution in [2.24, 2.45) is 0 Å². The standard InChI is InChI=1S/C14H10ClN3/c15-12-8-11(9-4-2-1-3-5-9)10-6-7-13(16)18-14(10)17-12/h1-8H,(H2,16,17,18). The maximum absolute atomic E-state index is 6.03. The van der Waals surface area contributed by atoms with Crippen molar-refractivity contribution in [2.45, 2.75) is 0 Å². The number of rotatable bonds is 1. The van der Waals surface area contributed by atoms with Gasteiger partial charge in [-0.05, 0) is 29.3 Å². The van der Waals surface area contributed by atoms with Crippen molar-refractivity contribution in [3.05, 3.63) is 53.7 Å². The van der Waals surface area contributed by atoms with E-state index in [1.54, 1.807) is 6.07 Å². The predicted octanol–water partition coefficient (Wildman–Crippen LogP) is 3.53. The van der Waals surface area contributed by atoms with Crippen LogP contribution in [-0.2, 0) is 0 Å². The van der Waals surface area contributed by atoms with Gasteiger partial charge in [-0.2, -0.15) is 0 Å². The number of nitrogens with two attached hydrogens (primary N) is 1. The maximum atomic E-state index is 6.03. The lowest BCUT2D eigenvalue weighted by molar-refractivity contribution is 1.29. The first-order valence-corrected chi connectivity index (χ1v) is 5.90. The lowest BCUT2D eigenvalue weighted by atomic mass is 10.0. The Morgan fingerprint density at radius 3 is 2.50 bits per heavy atom. The molecule has 0 saturated heterocycles. The number of nitrogen functional groups attached to an aromatic ring is 1. The quantitative estimate of drug-likeness (QED) is 0.677. The van der Waals surface area contributed by atoms with Crippen LogP contribution in [0.25, 0.3) is 22.2 Å². The van der Waals surface area contributed by atoms with E-state index in [1.807, 2.05) is 42.5 Å². The van der Waals surface area contributed by atoms with Gasteiger partial charge in [0.2, 0.25) is 0 Å². The molecule has 0 atom stereocenters. The van der Waals surface area contributed by atoms with Gasteiger partial charge in [0.1, 0.15) is 11.0 Å². The number of fused-ring (bicyclic) bond motifs is 1. The van der Waals surface area contributed by atoms with Crippen molar-refractivity contribution in [1.82, 2.24) is 9.97 Å². The summed E-state index contributed by atoms with van der Waals surface area (Å²) in [5.41, 5.74) is 8.33. The zero-order valence-electron chi connectivity index (χ0n) is 9.47. The maximum Gasteiger partial charge on any atom is 0.163 e. The van der Waals surface area contributed by atoms with Crippen LogP contribution in [0.3, 0.4) is 0 Å². The largest absolute Gasteiger partial charge is 0.384 e. The molecular formula is C14H10ClN3. The molecular weight excluding hydrogens is 246 g/mol. The minimum Gasteiger partial charge on any atom is -0.384 e. The number of anilines is 1. The molecule has 88 valence electrons. The minimum atomic E-state index is 0.416. The van der Waals surface area contributed by atoms with E-state index in [1.165, 1.54) is 0 Å². The highest BCUT2D eigenvalue weighted by Gasteiger charge is 2.08. The number of nitrogens with zero attached hydrogens (tertiary/aromatic N) is 2. The van der Waals surface area contributed by atoms with Crippen LogP contribution in [0.5, 0.6) is 0 Å². The first kappa shape index (κ1) is 11.0. The Labute approximate surface area is 109 Å². The highest BCUT2D eigenvalue weighted by Crippen LogP contribution is 2.29. The number of hydrogen-bond acceptors (Lipinski definition) is 3. The van der Waals surface area contributed by atoms with E-state index in [4.69, 9.17) is 17.3 Å². The summed E-state index contributed by atoms with van der Waals surface area (Å²) < 4.78 is 0. The van der Waals surface area contributed by atoms with Crippen LogP contribution in [-0.4, -0.2) is 9.97 Å². The minimum absolute atomic E-state index is 0.416. The molecule has 0 spiro atoms. The SMILES string of the molecule is Nc1ccc2c(-c3ccccc3)cc(Cl)nc2n1. The van der Waals surface area contributed by atoms with E-state index < -0.39 is 0 Å². The second-order valence-corrected chi connectivity index (χ2v) is 4.35. The molecule has 3 rings (SSSR count). The van der Waals surface area contributed by atoms with Crippen molar-refractivity contribution >= 4 is 28.5 Å².